The van der Waals surface area contributed by atoms with Crippen molar-refractivity contribution in [3.8, 4) is 0 Å². The van der Waals surface area contributed by atoms with E-state index in [1.165, 1.54) is 12.1 Å². The molecule has 0 spiro atoms. The van der Waals surface area contributed by atoms with E-state index >= 15 is 0 Å². The summed E-state index contributed by atoms with van der Waals surface area (Å²) in [5.41, 5.74) is 8.84. The Labute approximate surface area is 115 Å². The normalized spacial score (nSPS) is 15.5. The molecule has 1 aliphatic heterocycles. The number of carbonyl (C=O) groups excluding carboxylic acids is 1. The Morgan fingerprint density at radius 2 is 1.95 bits per heavy atom. The van der Waals surface area contributed by atoms with E-state index in [-0.39, 0.29) is 17.5 Å². The van der Waals surface area contributed by atoms with Gasteiger partial charge in [0.15, 0.2) is 0 Å². The third kappa shape index (κ3) is 3.07. The van der Waals surface area contributed by atoms with Crippen molar-refractivity contribution in [3.63, 3.8) is 0 Å². The molecular formula is C13H14N4O3. The molecular weight excluding hydrogens is 260 g/mol. The van der Waals surface area contributed by atoms with E-state index in [9.17, 15) is 9.59 Å². The third-order valence-electron chi connectivity index (χ3n) is 3.32. The summed E-state index contributed by atoms with van der Waals surface area (Å²) in [5, 5.41) is 12.6. The molecule has 1 heterocycles. The Balaban J connectivity index is 2.07. The summed E-state index contributed by atoms with van der Waals surface area (Å²) in [6.07, 6.45) is 1.27. The number of azide groups is 1. The molecule has 1 aromatic rings. The average Bonchev–Trinajstić information content (AvgIpc) is 2.48. The molecule has 20 heavy (non-hydrogen) atoms. The number of nitrogens with zero attached hydrogens (tertiary/aromatic N) is 4. The lowest BCUT2D eigenvalue weighted by atomic mass is 10.0. The zero-order valence-electron chi connectivity index (χ0n) is 10.8. The molecule has 104 valence electrons. The molecule has 2 rings (SSSR count). The topological polar surface area (TPSA) is 106 Å². The number of piperidine rings is 1. The van der Waals surface area contributed by atoms with E-state index in [4.69, 9.17) is 10.6 Å². The van der Waals surface area contributed by atoms with Gasteiger partial charge in [-0.25, -0.2) is 4.79 Å². The van der Waals surface area contributed by atoms with Gasteiger partial charge in [-0.05, 0) is 36.6 Å². The minimum absolute atomic E-state index is 0.0607. The zero-order valence-corrected chi connectivity index (χ0v) is 10.8. The van der Waals surface area contributed by atoms with Crippen LogP contribution in [-0.2, 0) is 0 Å². The Morgan fingerprint density at radius 3 is 2.55 bits per heavy atom. The van der Waals surface area contributed by atoms with Gasteiger partial charge >= 0.3 is 5.97 Å². The van der Waals surface area contributed by atoms with Crippen LogP contribution in [0, 0.1) is 0 Å². The zero-order chi connectivity index (χ0) is 14.5. The summed E-state index contributed by atoms with van der Waals surface area (Å²) in [5.74, 6) is -1.24. The van der Waals surface area contributed by atoms with E-state index in [1.54, 1.807) is 17.0 Å². The smallest absolute Gasteiger partial charge is 0.335 e. The molecule has 0 radical (unpaired) electrons. The van der Waals surface area contributed by atoms with Crippen LogP contribution in [0.1, 0.15) is 33.6 Å². The predicted octanol–water partition coefficient (Wildman–Crippen LogP) is 2.30. The predicted molar refractivity (Wildman–Crippen MR) is 71.5 cm³/mol. The number of benzene rings is 1. The fraction of sp³-hybridized carbons (Fsp3) is 0.385. The molecule has 7 heteroatoms. The van der Waals surface area contributed by atoms with Gasteiger partial charge in [-0.3, -0.25) is 4.79 Å². The highest BCUT2D eigenvalue weighted by molar-refractivity contribution is 5.97. The van der Waals surface area contributed by atoms with E-state index in [1.807, 2.05) is 0 Å². The van der Waals surface area contributed by atoms with Crippen molar-refractivity contribution in [2.75, 3.05) is 13.1 Å². The maximum absolute atomic E-state index is 12.3. The number of carboxylic acid groups (broad SMARTS) is 1. The van der Waals surface area contributed by atoms with Crippen molar-refractivity contribution in [2.45, 2.75) is 18.9 Å². The van der Waals surface area contributed by atoms with Crippen LogP contribution >= 0.6 is 0 Å². The van der Waals surface area contributed by atoms with Crippen molar-refractivity contribution in [1.29, 1.82) is 0 Å². The lowest BCUT2D eigenvalue weighted by Crippen LogP contribution is -2.39. The second kappa shape index (κ2) is 6.08. The summed E-state index contributed by atoms with van der Waals surface area (Å²) in [7, 11) is 0. The first-order chi connectivity index (χ1) is 9.61. The Hall–Kier alpha value is -2.53. The largest absolute Gasteiger partial charge is 0.478 e. The first-order valence-corrected chi connectivity index (χ1v) is 6.28. The molecule has 1 aliphatic rings. The number of carbonyl (C=O) groups is 2. The van der Waals surface area contributed by atoms with Crippen molar-refractivity contribution < 1.29 is 14.7 Å². The second-order valence-corrected chi connectivity index (χ2v) is 4.61. The monoisotopic (exact) mass is 274 g/mol. The van der Waals surface area contributed by atoms with E-state index < -0.39 is 5.97 Å². The fourth-order valence-electron chi connectivity index (χ4n) is 2.23. The summed E-state index contributed by atoms with van der Waals surface area (Å²) in [6.45, 7) is 1.03. The first kappa shape index (κ1) is 13.9. The van der Waals surface area contributed by atoms with Gasteiger partial charge in [0, 0.05) is 29.6 Å². The van der Waals surface area contributed by atoms with E-state index in [0.29, 0.717) is 31.5 Å². The highest BCUT2D eigenvalue weighted by Gasteiger charge is 2.23. The van der Waals surface area contributed by atoms with Crippen LogP contribution in [0.15, 0.2) is 29.4 Å². The van der Waals surface area contributed by atoms with Gasteiger partial charge in [-0.15, -0.1) is 0 Å². The number of rotatable bonds is 3. The summed E-state index contributed by atoms with van der Waals surface area (Å²) in [4.78, 5) is 27.6. The molecule has 0 aliphatic carbocycles. The third-order valence-corrected chi connectivity index (χ3v) is 3.32. The summed E-state index contributed by atoms with van der Waals surface area (Å²) >= 11 is 0. The van der Waals surface area contributed by atoms with E-state index in [0.717, 1.165) is 0 Å². The van der Waals surface area contributed by atoms with Gasteiger partial charge in [-0.2, -0.15) is 0 Å². The lowest BCUT2D eigenvalue weighted by Gasteiger charge is -2.30. The van der Waals surface area contributed by atoms with Gasteiger partial charge in [0.2, 0.25) is 0 Å². The molecule has 0 saturated carbocycles. The van der Waals surface area contributed by atoms with Crippen LogP contribution < -0.4 is 0 Å². The Morgan fingerprint density at radius 1 is 1.30 bits per heavy atom. The highest BCUT2D eigenvalue weighted by atomic mass is 16.4. The fourth-order valence-corrected chi connectivity index (χ4v) is 2.23. The minimum Gasteiger partial charge on any atom is -0.478 e. The quantitative estimate of drug-likeness (QED) is 0.519. The molecule has 0 atom stereocenters. The van der Waals surface area contributed by atoms with Gasteiger partial charge in [-0.1, -0.05) is 11.2 Å². The summed E-state index contributed by atoms with van der Waals surface area (Å²) < 4.78 is 0. The number of hydrogen-bond donors (Lipinski definition) is 1. The Kier molecular flexibility index (Phi) is 4.22. The van der Waals surface area contributed by atoms with Crippen LogP contribution in [0.3, 0.4) is 0 Å². The van der Waals surface area contributed by atoms with Crippen molar-refractivity contribution in [1.82, 2.24) is 4.90 Å². The second-order valence-electron chi connectivity index (χ2n) is 4.61. The van der Waals surface area contributed by atoms with Gasteiger partial charge < -0.3 is 10.0 Å². The average molecular weight is 274 g/mol. The van der Waals surface area contributed by atoms with Crippen LogP contribution in [-0.4, -0.2) is 41.0 Å². The standard InChI is InChI=1S/C13H14N4O3/c14-16-15-11-4-6-17(7-5-11)12(18)9-2-1-3-10(8-9)13(19)20/h1-3,8,11H,4-7H2,(H,19,20). The van der Waals surface area contributed by atoms with Gasteiger partial charge in [0.25, 0.3) is 5.91 Å². The summed E-state index contributed by atoms with van der Waals surface area (Å²) in [6, 6.07) is 5.93. The first-order valence-electron chi connectivity index (χ1n) is 6.28. The van der Waals surface area contributed by atoms with Crippen LogP contribution in [0.5, 0.6) is 0 Å². The maximum Gasteiger partial charge on any atom is 0.335 e. The Bertz CT molecular complexity index is 573. The number of amides is 1. The van der Waals surface area contributed by atoms with Crippen LogP contribution in [0.25, 0.3) is 10.4 Å². The molecule has 1 saturated heterocycles. The van der Waals surface area contributed by atoms with Crippen molar-refractivity contribution >= 4 is 11.9 Å². The van der Waals surface area contributed by atoms with Crippen molar-refractivity contribution in [3.05, 3.63) is 45.8 Å². The molecule has 1 aromatic carbocycles. The number of hydrogen-bond acceptors (Lipinski definition) is 3. The lowest BCUT2D eigenvalue weighted by molar-refractivity contribution is 0.0697. The molecule has 0 aromatic heterocycles. The van der Waals surface area contributed by atoms with Gasteiger partial charge in [0.1, 0.15) is 0 Å². The molecule has 0 unspecified atom stereocenters. The van der Waals surface area contributed by atoms with E-state index in [2.05, 4.69) is 10.0 Å². The molecule has 1 N–H and O–H groups in total. The van der Waals surface area contributed by atoms with Gasteiger partial charge in [0.05, 0.1) is 5.56 Å². The number of aromatic carboxylic acids is 1. The van der Waals surface area contributed by atoms with Crippen molar-refractivity contribution in [2.24, 2.45) is 5.11 Å². The minimum atomic E-state index is -1.05. The number of carboxylic acids is 1. The highest BCUT2D eigenvalue weighted by Crippen LogP contribution is 2.17. The molecule has 0 bridgehead atoms. The van der Waals surface area contributed by atoms with Crippen LogP contribution in [0.4, 0.5) is 0 Å². The maximum atomic E-state index is 12.3. The SMILES string of the molecule is [N-]=[N+]=NC1CCN(C(=O)c2cccc(C(=O)O)c2)CC1. The number of likely N-dealkylation sites (tertiary alicyclic amines) is 1. The molecule has 1 fully saturated rings. The van der Waals surface area contributed by atoms with Crippen LogP contribution in [0.2, 0.25) is 0 Å². The molecule has 7 nitrogen and oxygen atoms in total. The molecule has 1 amide bonds.